The van der Waals surface area contributed by atoms with Crippen molar-refractivity contribution in [1.82, 2.24) is 4.90 Å². The number of aliphatic hydroxyl groups excluding tert-OH is 1. The molecule has 0 radical (unpaired) electrons. The summed E-state index contributed by atoms with van der Waals surface area (Å²) in [6.07, 6.45) is 2.62. The van der Waals surface area contributed by atoms with Crippen molar-refractivity contribution in [1.29, 1.82) is 0 Å². The number of urea groups is 1. The molecule has 1 aromatic carbocycles. The van der Waals surface area contributed by atoms with Crippen LogP contribution in [0.15, 0.2) is 12.1 Å². The second-order valence-electron chi connectivity index (χ2n) is 4.57. The molecule has 0 aliphatic heterocycles. The van der Waals surface area contributed by atoms with Crippen LogP contribution >= 0.6 is 0 Å². The molecule has 0 aliphatic carbocycles. The summed E-state index contributed by atoms with van der Waals surface area (Å²) in [6, 6.07) is 1.03. The van der Waals surface area contributed by atoms with Crippen LogP contribution in [0.3, 0.4) is 0 Å². The SMILES string of the molecule is CCCCCN(CCO)C(=O)Nc1ccc(F)c(F)c1F. The highest BCUT2D eigenvalue weighted by Crippen LogP contribution is 2.20. The highest BCUT2D eigenvalue weighted by molar-refractivity contribution is 5.89. The Kier molecular flexibility index (Phi) is 7.01. The summed E-state index contributed by atoms with van der Waals surface area (Å²) in [5.74, 6) is -4.39. The molecule has 0 heterocycles. The number of carbonyl (C=O) groups is 1. The average Bonchev–Trinajstić information content (AvgIpc) is 2.47. The van der Waals surface area contributed by atoms with E-state index in [0.29, 0.717) is 6.54 Å². The molecule has 0 saturated carbocycles. The van der Waals surface area contributed by atoms with Crippen molar-refractivity contribution < 1.29 is 23.1 Å². The highest BCUT2D eigenvalue weighted by Gasteiger charge is 2.18. The van der Waals surface area contributed by atoms with Gasteiger partial charge in [-0.1, -0.05) is 19.8 Å². The molecule has 1 aromatic rings. The van der Waals surface area contributed by atoms with Gasteiger partial charge in [-0.3, -0.25) is 0 Å². The maximum absolute atomic E-state index is 13.5. The van der Waals surface area contributed by atoms with Gasteiger partial charge < -0.3 is 15.3 Å². The lowest BCUT2D eigenvalue weighted by Gasteiger charge is -2.22. The van der Waals surface area contributed by atoms with Gasteiger partial charge in [-0.15, -0.1) is 0 Å². The van der Waals surface area contributed by atoms with Gasteiger partial charge in [0, 0.05) is 13.1 Å². The molecular weight excluding hydrogens is 285 g/mol. The van der Waals surface area contributed by atoms with Gasteiger partial charge in [0.05, 0.1) is 12.3 Å². The number of nitrogens with one attached hydrogen (secondary N) is 1. The first-order chi connectivity index (χ1) is 10.0. The molecule has 21 heavy (non-hydrogen) atoms. The van der Waals surface area contributed by atoms with Crippen LogP contribution in [0, 0.1) is 17.5 Å². The third-order valence-corrected chi connectivity index (χ3v) is 2.97. The minimum Gasteiger partial charge on any atom is -0.395 e. The molecule has 0 atom stereocenters. The molecule has 0 aromatic heterocycles. The van der Waals surface area contributed by atoms with E-state index >= 15 is 0 Å². The number of nitrogens with zero attached hydrogens (tertiary/aromatic N) is 1. The predicted octanol–water partition coefficient (Wildman–Crippen LogP) is 3.12. The Morgan fingerprint density at radius 3 is 2.52 bits per heavy atom. The molecule has 1 rings (SSSR count). The van der Waals surface area contributed by atoms with Crippen molar-refractivity contribution in [2.75, 3.05) is 25.0 Å². The number of anilines is 1. The van der Waals surface area contributed by atoms with Crippen LogP contribution in [0.25, 0.3) is 0 Å². The summed E-state index contributed by atoms with van der Waals surface area (Å²) in [4.78, 5) is 13.3. The molecule has 0 aliphatic rings. The number of unbranched alkanes of at least 4 members (excludes halogenated alkanes) is 2. The molecule has 4 nitrogen and oxygen atoms in total. The van der Waals surface area contributed by atoms with Crippen LogP contribution in [0.2, 0.25) is 0 Å². The zero-order valence-corrected chi connectivity index (χ0v) is 11.8. The Morgan fingerprint density at radius 1 is 1.19 bits per heavy atom. The minimum absolute atomic E-state index is 0.0842. The van der Waals surface area contributed by atoms with Gasteiger partial charge in [0.15, 0.2) is 17.5 Å². The van der Waals surface area contributed by atoms with Gasteiger partial charge in [0.25, 0.3) is 0 Å². The lowest BCUT2D eigenvalue weighted by molar-refractivity contribution is 0.187. The van der Waals surface area contributed by atoms with Gasteiger partial charge in [-0.2, -0.15) is 0 Å². The lowest BCUT2D eigenvalue weighted by Crippen LogP contribution is -2.38. The van der Waals surface area contributed by atoms with Crippen LogP contribution in [0.5, 0.6) is 0 Å². The number of aliphatic hydroxyl groups is 1. The van der Waals surface area contributed by atoms with Gasteiger partial charge in [0.1, 0.15) is 0 Å². The van der Waals surface area contributed by atoms with Crippen LogP contribution in [-0.2, 0) is 0 Å². The fourth-order valence-corrected chi connectivity index (χ4v) is 1.80. The lowest BCUT2D eigenvalue weighted by atomic mass is 10.2. The first kappa shape index (κ1) is 17.3. The fraction of sp³-hybridized carbons (Fsp3) is 0.500. The first-order valence-electron chi connectivity index (χ1n) is 6.81. The molecular formula is C14H19F3N2O2. The number of hydrogen-bond acceptors (Lipinski definition) is 2. The van der Waals surface area contributed by atoms with E-state index in [9.17, 15) is 18.0 Å². The molecule has 0 unspecified atom stereocenters. The molecule has 0 fully saturated rings. The third-order valence-electron chi connectivity index (χ3n) is 2.97. The Bertz CT molecular complexity index is 484. The zero-order chi connectivity index (χ0) is 15.8. The van der Waals surface area contributed by atoms with E-state index in [-0.39, 0.29) is 13.2 Å². The third kappa shape index (κ3) is 4.93. The van der Waals surface area contributed by atoms with Gasteiger partial charge in [-0.05, 0) is 18.6 Å². The standard InChI is InChI=1S/C14H19F3N2O2/c1-2-3-4-7-19(8-9-20)14(21)18-11-6-5-10(15)12(16)13(11)17/h5-6,20H,2-4,7-9H2,1H3,(H,18,21). The second kappa shape index (κ2) is 8.51. The topological polar surface area (TPSA) is 52.6 Å². The highest BCUT2D eigenvalue weighted by atomic mass is 19.2. The van der Waals surface area contributed by atoms with E-state index in [1.54, 1.807) is 0 Å². The van der Waals surface area contributed by atoms with E-state index in [1.165, 1.54) is 4.90 Å². The second-order valence-corrected chi connectivity index (χ2v) is 4.57. The van der Waals surface area contributed by atoms with E-state index in [1.807, 2.05) is 6.92 Å². The van der Waals surface area contributed by atoms with Crippen LogP contribution in [0.4, 0.5) is 23.7 Å². The molecule has 2 N–H and O–H groups in total. The Balaban J connectivity index is 2.74. The molecule has 7 heteroatoms. The number of carbonyl (C=O) groups excluding carboxylic acids is 1. The van der Waals surface area contributed by atoms with Crippen molar-refractivity contribution in [2.24, 2.45) is 0 Å². The maximum Gasteiger partial charge on any atom is 0.322 e. The van der Waals surface area contributed by atoms with Crippen LogP contribution in [0.1, 0.15) is 26.2 Å². The molecule has 2 amide bonds. The summed E-state index contributed by atoms with van der Waals surface area (Å²) in [5, 5.41) is 11.1. The minimum atomic E-state index is -1.63. The molecule has 0 bridgehead atoms. The van der Waals surface area contributed by atoms with Gasteiger partial charge in [0.2, 0.25) is 0 Å². The largest absolute Gasteiger partial charge is 0.395 e. The van der Waals surface area contributed by atoms with Crippen LogP contribution < -0.4 is 5.32 Å². The summed E-state index contributed by atoms with van der Waals surface area (Å²) in [5.41, 5.74) is -0.433. The van der Waals surface area contributed by atoms with Crippen LogP contribution in [-0.4, -0.2) is 35.7 Å². The smallest absolute Gasteiger partial charge is 0.322 e. The summed E-state index contributed by atoms with van der Waals surface area (Å²) in [6.45, 7) is 2.25. The summed E-state index contributed by atoms with van der Waals surface area (Å²) in [7, 11) is 0. The van der Waals surface area contributed by atoms with E-state index < -0.39 is 29.2 Å². The normalized spacial score (nSPS) is 10.5. The van der Waals surface area contributed by atoms with E-state index in [4.69, 9.17) is 5.11 Å². The summed E-state index contributed by atoms with van der Waals surface area (Å²) >= 11 is 0. The number of halogens is 3. The van der Waals surface area contributed by atoms with Crippen molar-refractivity contribution >= 4 is 11.7 Å². The van der Waals surface area contributed by atoms with Crippen molar-refractivity contribution in [3.8, 4) is 0 Å². The van der Waals surface area contributed by atoms with Crippen molar-refractivity contribution in [2.45, 2.75) is 26.2 Å². The number of benzene rings is 1. The quantitative estimate of drug-likeness (QED) is 0.600. The number of amides is 2. The van der Waals surface area contributed by atoms with E-state index in [2.05, 4.69) is 5.32 Å². The molecule has 0 saturated heterocycles. The fourth-order valence-electron chi connectivity index (χ4n) is 1.80. The first-order valence-corrected chi connectivity index (χ1v) is 6.81. The Labute approximate surface area is 121 Å². The number of hydrogen-bond donors (Lipinski definition) is 2. The van der Waals surface area contributed by atoms with Crippen molar-refractivity contribution in [3.05, 3.63) is 29.6 Å². The van der Waals surface area contributed by atoms with Gasteiger partial charge in [-0.25, -0.2) is 18.0 Å². The molecule has 0 spiro atoms. The number of rotatable bonds is 7. The van der Waals surface area contributed by atoms with Crippen molar-refractivity contribution in [3.63, 3.8) is 0 Å². The Morgan fingerprint density at radius 2 is 1.90 bits per heavy atom. The Hall–Kier alpha value is -1.76. The van der Waals surface area contributed by atoms with Gasteiger partial charge >= 0.3 is 6.03 Å². The zero-order valence-electron chi connectivity index (χ0n) is 11.8. The monoisotopic (exact) mass is 304 g/mol. The molecule has 118 valence electrons. The average molecular weight is 304 g/mol. The van der Waals surface area contributed by atoms with E-state index in [0.717, 1.165) is 31.4 Å². The summed E-state index contributed by atoms with van der Waals surface area (Å²) < 4.78 is 39.4. The predicted molar refractivity (Wildman–Crippen MR) is 73.5 cm³/mol. The maximum atomic E-state index is 13.5.